The standard InChI is InChI=1S/C46H68O5/c1-41(2,3)32-22-29(17-20-51-28-47)23-36(39(32)49)45(13,14)18-19-46(15,16)37-27-31(26-35(40(37)50)44(10,11)12)21-30-24-33(42(4,5)6)38(48)34(25-30)43(7,8)9/h22-28,48-50H,17-21H2,1-16H3. The zero-order valence-corrected chi connectivity index (χ0v) is 34.7. The monoisotopic (exact) mass is 701 g/mol. The summed E-state index contributed by atoms with van der Waals surface area (Å²) in [7, 11) is 0. The lowest BCUT2D eigenvalue weighted by atomic mass is 9.69. The second-order valence-corrected chi connectivity index (χ2v) is 20.3. The molecule has 3 aromatic rings. The SMILES string of the molecule is CC(C)(C)c1cc(Cc2cc(C(C)(C)C)c(O)c(C(C)(C)CCC(C)(C)c3cc(CCOC=O)cc(C(C)(C)C)c3O)c2)cc(C(C)(C)C)c1O. The van der Waals surface area contributed by atoms with Crippen molar-refractivity contribution in [1.29, 1.82) is 0 Å². The molecular formula is C46H68O5. The maximum atomic E-state index is 11.9. The van der Waals surface area contributed by atoms with Crippen LogP contribution in [0, 0.1) is 0 Å². The molecule has 3 rings (SSSR count). The molecule has 0 saturated heterocycles. The molecule has 0 unspecified atom stereocenters. The van der Waals surface area contributed by atoms with E-state index in [2.05, 4.69) is 141 Å². The Labute approximate surface area is 309 Å². The lowest BCUT2D eigenvalue weighted by molar-refractivity contribution is -0.128. The van der Waals surface area contributed by atoms with Gasteiger partial charge in [0.05, 0.1) is 6.61 Å². The molecule has 0 atom stereocenters. The Morgan fingerprint density at radius 1 is 0.471 bits per heavy atom. The predicted octanol–water partition coefficient (Wildman–Crippen LogP) is 11.3. The molecule has 0 bridgehead atoms. The van der Waals surface area contributed by atoms with E-state index in [9.17, 15) is 20.1 Å². The summed E-state index contributed by atoms with van der Waals surface area (Å²) in [4.78, 5) is 10.8. The number of carbonyl (C=O) groups is 1. The molecule has 0 aromatic heterocycles. The van der Waals surface area contributed by atoms with Gasteiger partial charge in [-0.2, -0.15) is 0 Å². The number of ether oxygens (including phenoxy) is 1. The van der Waals surface area contributed by atoms with Crippen molar-refractivity contribution in [2.24, 2.45) is 0 Å². The molecule has 3 N–H and O–H groups in total. The van der Waals surface area contributed by atoms with Crippen molar-refractivity contribution in [2.75, 3.05) is 6.61 Å². The first-order chi connectivity index (χ1) is 23.0. The van der Waals surface area contributed by atoms with Crippen LogP contribution in [0.25, 0.3) is 0 Å². The van der Waals surface area contributed by atoms with Gasteiger partial charge in [-0.1, -0.05) is 147 Å². The summed E-state index contributed by atoms with van der Waals surface area (Å²) >= 11 is 0. The molecular weight excluding hydrogens is 633 g/mol. The number of hydrogen-bond acceptors (Lipinski definition) is 5. The van der Waals surface area contributed by atoms with Crippen LogP contribution >= 0.6 is 0 Å². The molecule has 0 fully saturated rings. The van der Waals surface area contributed by atoms with Crippen LogP contribution in [0.5, 0.6) is 17.2 Å². The van der Waals surface area contributed by atoms with Gasteiger partial charge in [0, 0.05) is 17.5 Å². The van der Waals surface area contributed by atoms with Crippen LogP contribution in [0.2, 0.25) is 0 Å². The van der Waals surface area contributed by atoms with E-state index in [0.717, 1.165) is 62.9 Å². The molecule has 0 aliphatic heterocycles. The van der Waals surface area contributed by atoms with Crippen molar-refractivity contribution in [3.63, 3.8) is 0 Å². The van der Waals surface area contributed by atoms with E-state index in [-0.39, 0.29) is 33.7 Å². The van der Waals surface area contributed by atoms with Gasteiger partial charge in [0.2, 0.25) is 0 Å². The van der Waals surface area contributed by atoms with Gasteiger partial charge in [0.15, 0.2) is 0 Å². The summed E-state index contributed by atoms with van der Waals surface area (Å²) in [5, 5.41) is 35.0. The molecule has 0 aliphatic carbocycles. The Kier molecular flexibility index (Phi) is 11.9. The van der Waals surface area contributed by atoms with Crippen LogP contribution in [0.3, 0.4) is 0 Å². The minimum absolute atomic E-state index is 0.226. The van der Waals surface area contributed by atoms with Crippen molar-refractivity contribution in [2.45, 2.75) is 169 Å². The molecule has 0 spiro atoms. The van der Waals surface area contributed by atoms with Gasteiger partial charge in [-0.05, 0) is 90.7 Å². The second kappa shape index (κ2) is 14.5. The minimum Gasteiger partial charge on any atom is -0.507 e. The third kappa shape index (κ3) is 9.90. The van der Waals surface area contributed by atoms with E-state index in [0.29, 0.717) is 36.6 Å². The summed E-state index contributed by atoms with van der Waals surface area (Å²) in [6.07, 6.45) is 2.78. The largest absolute Gasteiger partial charge is 0.507 e. The van der Waals surface area contributed by atoms with E-state index in [1.807, 2.05) is 6.07 Å². The minimum atomic E-state index is -0.392. The highest BCUT2D eigenvalue weighted by Gasteiger charge is 2.35. The van der Waals surface area contributed by atoms with Gasteiger partial charge in [-0.3, -0.25) is 4.79 Å². The van der Waals surface area contributed by atoms with E-state index in [4.69, 9.17) is 4.74 Å². The van der Waals surface area contributed by atoms with Gasteiger partial charge in [0.1, 0.15) is 17.2 Å². The highest BCUT2D eigenvalue weighted by Crippen LogP contribution is 2.47. The molecule has 0 heterocycles. The topological polar surface area (TPSA) is 87.0 Å². The first-order valence-electron chi connectivity index (χ1n) is 18.7. The molecule has 3 aromatic carbocycles. The fraction of sp³-hybridized carbons (Fsp3) is 0.587. The Balaban J connectivity index is 2.11. The number of phenolic OH excluding ortho intramolecular Hbond substituents is 3. The lowest BCUT2D eigenvalue weighted by Crippen LogP contribution is -2.26. The molecule has 5 nitrogen and oxygen atoms in total. The predicted molar refractivity (Wildman–Crippen MR) is 213 cm³/mol. The van der Waals surface area contributed by atoms with Crippen molar-refractivity contribution in [1.82, 2.24) is 0 Å². The Bertz CT molecular complexity index is 1680. The number of rotatable bonds is 11. The zero-order valence-electron chi connectivity index (χ0n) is 34.7. The van der Waals surface area contributed by atoms with Gasteiger partial charge in [-0.25, -0.2) is 0 Å². The third-order valence-corrected chi connectivity index (χ3v) is 10.6. The molecule has 0 aliphatic rings. The average Bonchev–Trinajstić information content (AvgIpc) is 2.96. The van der Waals surface area contributed by atoms with Gasteiger partial charge in [0.25, 0.3) is 6.47 Å². The van der Waals surface area contributed by atoms with Crippen LogP contribution in [0.4, 0.5) is 0 Å². The molecule has 282 valence electrons. The fourth-order valence-electron chi connectivity index (χ4n) is 7.10. The summed E-state index contributed by atoms with van der Waals surface area (Å²) < 4.78 is 5.02. The molecule has 51 heavy (non-hydrogen) atoms. The zero-order chi connectivity index (χ0) is 39.1. The lowest BCUT2D eigenvalue weighted by Gasteiger charge is -2.35. The second-order valence-electron chi connectivity index (χ2n) is 20.3. The third-order valence-electron chi connectivity index (χ3n) is 10.6. The fourth-order valence-corrected chi connectivity index (χ4v) is 7.10. The summed E-state index contributed by atoms with van der Waals surface area (Å²) in [5.74, 6) is 1.05. The normalized spacial score (nSPS) is 13.4. The molecule has 0 saturated carbocycles. The van der Waals surface area contributed by atoms with Crippen LogP contribution in [-0.2, 0) is 54.9 Å². The van der Waals surface area contributed by atoms with Gasteiger partial charge >= 0.3 is 0 Å². The molecule has 0 radical (unpaired) electrons. The summed E-state index contributed by atoms with van der Waals surface area (Å²) in [6, 6.07) is 12.7. The smallest absolute Gasteiger partial charge is 0.293 e. The van der Waals surface area contributed by atoms with Crippen LogP contribution in [-0.4, -0.2) is 28.4 Å². The highest BCUT2D eigenvalue weighted by atomic mass is 16.5. The van der Waals surface area contributed by atoms with Crippen molar-refractivity contribution >= 4 is 6.47 Å². The summed E-state index contributed by atoms with van der Waals surface area (Å²) in [6.45, 7) is 35.1. The van der Waals surface area contributed by atoms with Crippen molar-refractivity contribution in [3.8, 4) is 17.2 Å². The summed E-state index contributed by atoms with van der Waals surface area (Å²) in [5.41, 5.74) is 7.01. The van der Waals surface area contributed by atoms with Crippen LogP contribution in [0.15, 0.2) is 36.4 Å². The number of hydrogen-bond donors (Lipinski definition) is 3. The Morgan fingerprint density at radius 2 is 0.745 bits per heavy atom. The van der Waals surface area contributed by atoms with E-state index < -0.39 is 5.41 Å². The first-order valence-corrected chi connectivity index (χ1v) is 18.7. The number of aromatic hydroxyl groups is 3. The maximum Gasteiger partial charge on any atom is 0.293 e. The first kappa shape index (κ1) is 41.9. The Hall–Kier alpha value is -3.47. The highest BCUT2D eigenvalue weighted by molar-refractivity contribution is 5.54. The van der Waals surface area contributed by atoms with Gasteiger partial charge < -0.3 is 20.1 Å². The van der Waals surface area contributed by atoms with Crippen LogP contribution in [0.1, 0.15) is 174 Å². The van der Waals surface area contributed by atoms with Crippen molar-refractivity contribution < 1.29 is 24.9 Å². The molecule has 0 amide bonds. The average molecular weight is 701 g/mol. The number of carbonyl (C=O) groups excluding carboxylic acids is 1. The van der Waals surface area contributed by atoms with Crippen molar-refractivity contribution in [3.05, 3.63) is 86.5 Å². The number of phenols is 3. The van der Waals surface area contributed by atoms with Crippen LogP contribution < -0.4 is 0 Å². The molecule has 5 heteroatoms. The maximum absolute atomic E-state index is 11.9. The Morgan fingerprint density at radius 3 is 1.06 bits per heavy atom. The quantitative estimate of drug-likeness (QED) is 0.137. The van der Waals surface area contributed by atoms with E-state index in [1.54, 1.807) is 0 Å². The number of benzene rings is 3. The van der Waals surface area contributed by atoms with Gasteiger partial charge in [-0.15, -0.1) is 0 Å². The van der Waals surface area contributed by atoms with E-state index >= 15 is 0 Å². The van der Waals surface area contributed by atoms with E-state index in [1.165, 1.54) is 0 Å².